The van der Waals surface area contributed by atoms with E-state index in [2.05, 4.69) is 54.2 Å². The minimum absolute atomic E-state index is 0. The van der Waals surface area contributed by atoms with Crippen LogP contribution in [0.4, 0.5) is 5.82 Å². The zero-order valence-corrected chi connectivity index (χ0v) is 19.1. The first kappa shape index (κ1) is 22.2. The average Bonchev–Trinajstić information content (AvgIpc) is 3.39. The van der Waals surface area contributed by atoms with E-state index >= 15 is 0 Å². The molecule has 5 aromatic rings. The normalized spacial score (nSPS) is 11.2. The number of fused-ring (bicyclic) bond motifs is 2. The molecule has 0 radical (unpaired) electrons. The smallest absolute Gasteiger partial charge is 0.163 e. The Labute approximate surface area is 196 Å². The Morgan fingerprint density at radius 1 is 0.969 bits per heavy atom. The van der Waals surface area contributed by atoms with Gasteiger partial charge in [0.05, 0.1) is 10.2 Å². The number of hydrogen-bond acceptors (Lipinski definition) is 6. The molecule has 0 saturated carbocycles. The average molecular weight is 462 g/mol. The number of hydrogen-bond donors (Lipinski definition) is 2. The molecule has 4 nitrogen and oxygen atoms in total. The second-order valence-electron chi connectivity index (χ2n) is 7.91. The van der Waals surface area contributed by atoms with Crippen LogP contribution in [0.25, 0.3) is 31.7 Å². The maximum absolute atomic E-state index is 9.49. The third-order valence-electron chi connectivity index (χ3n) is 5.43. The summed E-state index contributed by atoms with van der Waals surface area (Å²) < 4.78 is 2.36. The van der Waals surface area contributed by atoms with E-state index in [0.717, 1.165) is 40.4 Å². The van der Waals surface area contributed by atoms with Gasteiger partial charge < -0.3 is 10.4 Å². The second kappa shape index (κ2) is 9.27. The first-order chi connectivity index (χ1) is 15.1. The number of benzene rings is 2. The molecular formula is C26H27N3OS2. The number of nitrogens with zero attached hydrogens (tertiary/aromatic N) is 2. The molecule has 32 heavy (non-hydrogen) atoms. The van der Waals surface area contributed by atoms with Crippen LogP contribution in [-0.4, -0.2) is 21.6 Å². The molecule has 0 spiro atoms. The van der Waals surface area contributed by atoms with E-state index in [1.54, 1.807) is 34.8 Å². The Morgan fingerprint density at radius 3 is 2.53 bits per heavy atom. The quantitative estimate of drug-likeness (QED) is 0.272. The lowest BCUT2D eigenvalue weighted by atomic mass is 10.1. The fourth-order valence-electron chi connectivity index (χ4n) is 3.72. The molecule has 3 aromatic heterocycles. The van der Waals surface area contributed by atoms with Crippen molar-refractivity contribution in [1.82, 2.24) is 9.97 Å². The maximum Gasteiger partial charge on any atom is 0.163 e. The first-order valence-corrected chi connectivity index (χ1v) is 12.1. The number of thiophene rings is 2. The highest BCUT2D eigenvalue weighted by Crippen LogP contribution is 2.38. The molecule has 2 aromatic carbocycles. The second-order valence-corrected chi connectivity index (χ2v) is 9.70. The highest BCUT2D eigenvalue weighted by molar-refractivity contribution is 7.18. The van der Waals surface area contributed by atoms with Gasteiger partial charge in [0.2, 0.25) is 0 Å². The van der Waals surface area contributed by atoms with Crippen molar-refractivity contribution < 1.29 is 5.11 Å². The number of aromatic hydroxyl groups is 1. The Balaban J connectivity index is 0.00000245. The third kappa shape index (κ3) is 4.20. The molecule has 0 fully saturated rings. The summed E-state index contributed by atoms with van der Waals surface area (Å²) in [6.07, 6.45) is 0.852. The summed E-state index contributed by atoms with van der Waals surface area (Å²) in [5.41, 5.74) is 4.58. The third-order valence-corrected chi connectivity index (χ3v) is 7.39. The van der Waals surface area contributed by atoms with E-state index in [1.165, 1.54) is 21.2 Å². The number of phenolic OH excluding ortho intramolecular Hbond substituents is 1. The molecule has 2 N–H and O–H groups in total. The summed E-state index contributed by atoms with van der Waals surface area (Å²) in [7, 11) is 0. The van der Waals surface area contributed by atoms with Gasteiger partial charge in [-0.25, -0.2) is 9.97 Å². The molecule has 0 saturated heterocycles. The van der Waals surface area contributed by atoms with Gasteiger partial charge in [-0.3, -0.25) is 0 Å². The van der Waals surface area contributed by atoms with Gasteiger partial charge in [-0.15, -0.1) is 22.7 Å². The summed E-state index contributed by atoms with van der Waals surface area (Å²) in [6.45, 7) is 5.18. The van der Waals surface area contributed by atoms with Gasteiger partial charge >= 0.3 is 0 Å². The van der Waals surface area contributed by atoms with E-state index < -0.39 is 0 Å². The van der Waals surface area contributed by atoms with Crippen molar-refractivity contribution in [2.24, 2.45) is 0 Å². The maximum atomic E-state index is 9.49. The van der Waals surface area contributed by atoms with E-state index in [9.17, 15) is 5.11 Å². The number of phenols is 1. The number of anilines is 1. The van der Waals surface area contributed by atoms with Crippen LogP contribution in [0.2, 0.25) is 0 Å². The van der Waals surface area contributed by atoms with Crippen molar-refractivity contribution in [3.8, 4) is 17.1 Å². The van der Waals surface area contributed by atoms with Crippen molar-refractivity contribution in [3.05, 3.63) is 70.4 Å². The summed E-state index contributed by atoms with van der Waals surface area (Å²) in [4.78, 5) is 9.99. The van der Waals surface area contributed by atoms with Gasteiger partial charge in [0, 0.05) is 27.6 Å². The molecule has 164 valence electrons. The Hall–Kier alpha value is -2.96. The van der Waals surface area contributed by atoms with Gasteiger partial charge in [0.25, 0.3) is 0 Å². The van der Waals surface area contributed by atoms with Crippen LogP contribution >= 0.6 is 22.7 Å². The van der Waals surface area contributed by atoms with Gasteiger partial charge in [-0.2, -0.15) is 0 Å². The van der Waals surface area contributed by atoms with E-state index in [1.807, 2.05) is 12.1 Å². The van der Waals surface area contributed by atoms with E-state index in [4.69, 9.17) is 9.97 Å². The highest BCUT2D eigenvalue weighted by Gasteiger charge is 2.18. The molecule has 3 heterocycles. The van der Waals surface area contributed by atoms with E-state index in [-0.39, 0.29) is 7.43 Å². The zero-order valence-electron chi connectivity index (χ0n) is 17.4. The largest absolute Gasteiger partial charge is 0.508 e. The van der Waals surface area contributed by atoms with Gasteiger partial charge in [-0.1, -0.05) is 51.6 Å². The molecule has 6 heteroatoms. The van der Waals surface area contributed by atoms with Crippen molar-refractivity contribution >= 4 is 48.8 Å². The zero-order chi connectivity index (χ0) is 21.4. The lowest BCUT2D eigenvalue weighted by Gasteiger charge is -2.10. The SMILES string of the molecule is C.CC(C)c1csc2c(NCCc3ccc(O)cc3)nc(-c3csc4ccccc34)nc12. The fraction of sp³-hybridized carbons (Fsp3) is 0.231. The molecular weight excluding hydrogens is 434 g/mol. The van der Waals surface area contributed by atoms with Crippen LogP contribution in [-0.2, 0) is 6.42 Å². The molecule has 0 aliphatic rings. The van der Waals surface area contributed by atoms with Crippen molar-refractivity contribution in [3.63, 3.8) is 0 Å². The number of nitrogens with one attached hydrogen (secondary N) is 1. The summed E-state index contributed by atoms with van der Waals surface area (Å²) in [5.74, 6) is 2.37. The van der Waals surface area contributed by atoms with Crippen LogP contribution in [0, 0.1) is 0 Å². The van der Waals surface area contributed by atoms with Crippen LogP contribution in [0.1, 0.15) is 38.3 Å². The minimum Gasteiger partial charge on any atom is -0.508 e. The Kier molecular flexibility index (Phi) is 6.44. The van der Waals surface area contributed by atoms with Crippen LogP contribution in [0.5, 0.6) is 5.75 Å². The first-order valence-electron chi connectivity index (χ1n) is 10.4. The highest BCUT2D eigenvalue weighted by atomic mass is 32.1. The van der Waals surface area contributed by atoms with Crippen molar-refractivity contribution in [2.45, 2.75) is 33.6 Å². The number of rotatable bonds is 6. The molecule has 0 atom stereocenters. The summed E-state index contributed by atoms with van der Waals surface area (Å²) in [5, 5.41) is 18.6. The predicted molar refractivity (Wildman–Crippen MR) is 139 cm³/mol. The lowest BCUT2D eigenvalue weighted by molar-refractivity contribution is 0.475. The minimum atomic E-state index is 0. The lowest BCUT2D eigenvalue weighted by Crippen LogP contribution is -2.07. The monoisotopic (exact) mass is 461 g/mol. The van der Waals surface area contributed by atoms with Crippen molar-refractivity contribution in [2.75, 3.05) is 11.9 Å². The molecule has 0 unspecified atom stereocenters. The van der Waals surface area contributed by atoms with Gasteiger partial charge in [0.1, 0.15) is 11.6 Å². The molecule has 0 amide bonds. The predicted octanol–water partition coefficient (Wildman–Crippen LogP) is 7.69. The Bertz CT molecular complexity index is 1350. The number of aromatic nitrogens is 2. The fourth-order valence-corrected chi connectivity index (χ4v) is 5.80. The summed E-state index contributed by atoms with van der Waals surface area (Å²) in [6, 6.07) is 15.8. The summed E-state index contributed by atoms with van der Waals surface area (Å²) >= 11 is 3.44. The van der Waals surface area contributed by atoms with Gasteiger partial charge in [0.15, 0.2) is 5.82 Å². The van der Waals surface area contributed by atoms with Crippen LogP contribution in [0.3, 0.4) is 0 Å². The van der Waals surface area contributed by atoms with Gasteiger partial charge in [-0.05, 0) is 47.0 Å². The standard InChI is InChI=1S/C25H23N3OS2.CH4/c1-15(2)19-13-31-23-22(19)27-24(20-14-30-21-6-4-3-5-18(20)21)28-25(23)26-12-11-16-7-9-17(29)10-8-16;/h3-10,13-15,29H,11-12H2,1-2H3,(H,26,27,28);1H4. The van der Waals surface area contributed by atoms with Crippen LogP contribution < -0.4 is 5.32 Å². The van der Waals surface area contributed by atoms with E-state index in [0.29, 0.717) is 11.7 Å². The topological polar surface area (TPSA) is 58.0 Å². The van der Waals surface area contributed by atoms with Crippen molar-refractivity contribution in [1.29, 1.82) is 0 Å². The Morgan fingerprint density at radius 2 is 1.75 bits per heavy atom. The van der Waals surface area contributed by atoms with Crippen LogP contribution in [0.15, 0.2) is 59.3 Å². The molecule has 0 bridgehead atoms. The molecule has 0 aliphatic heterocycles. The molecule has 0 aliphatic carbocycles. The molecule has 5 rings (SSSR count).